The number of carbonyl (C=O) groups is 2. The van der Waals surface area contributed by atoms with Gasteiger partial charge in [-0.2, -0.15) is 0 Å². The highest BCUT2D eigenvalue weighted by atomic mass is 32.1. The number of ketones is 1. The Labute approximate surface area is 141 Å². The summed E-state index contributed by atoms with van der Waals surface area (Å²) in [6.45, 7) is -0.394. The Hall–Kier alpha value is -2.86. The summed E-state index contributed by atoms with van der Waals surface area (Å²) in [6.07, 6.45) is 2.78. The molecule has 1 aromatic heterocycles. The summed E-state index contributed by atoms with van der Waals surface area (Å²) in [5.74, 6) is -1.45. The molecule has 4 nitrogen and oxygen atoms in total. The van der Waals surface area contributed by atoms with Crippen molar-refractivity contribution in [3.63, 3.8) is 0 Å². The Balaban J connectivity index is 1.57. The number of rotatable bonds is 5. The molecule has 24 heavy (non-hydrogen) atoms. The van der Waals surface area contributed by atoms with Gasteiger partial charge in [0, 0.05) is 11.6 Å². The minimum absolute atomic E-state index is 0.291. The predicted molar refractivity (Wildman–Crippen MR) is 90.3 cm³/mol. The average molecular weight is 341 g/mol. The first-order chi connectivity index (χ1) is 11.6. The summed E-state index contributed by atoms with van der Waals surface area (Å²) >= 11 is 1.45. The number of esters is 1. The van der Waals surface area contributed by atoms with Crippen LogP contribution in [0.25, 0.3) is 16.3 Å². The van der Waals surface area contributed by atoms with Crippen LogP contribution in [-0.2, 0) is 9.53 Å². The summed E-state index contributed by atoms with van der Waals surface area (Å²) < 4.78 is 18.7. The van der Waals surface area contributed by atoms with Crippen LogP contribution in [0.2, 0.25) is 0 Å². The third kappa shape index (κ3) is 3.91. The summed E-state index contributed by atoms with van der Waals surface area (Å²) in [6, 6.07) is 12.7. The number of hydrogen-bond donors (Lipinski definition) is 0. The van der Waals surface area contributed by atoms with E-state index in [4.69, 9.17) is 4.74 Å². The highest BCUT2D eigenvalue weighted by Crippen LogP contribution is 2.22. The molecule has 6 heteroatoms. The molecule has 0 fully saturated rings. The van der Waals surface area contributed by atoms with E-state index in [1.54, 1.807) is 6.08 Å². The molecule has 2 aromatic carbocycles. The number of thiazole rings is 1. The van der Waals surface area contributed by atoms with Crippen molar-refractivity contribution in [2.24, 2.45) is 0 Å². The molecule has 3 aromatic rings. The second-order valence-electron chi connectivity index (χ2n) is 4.89. The first kappa shape index (κ1) is 16.0. The van der Waals surface area contributed by atoms with Gasteiger partial charge in [0.2, 0.25) is 0 Å². The molecule has 0 spiro atoms. The van der Waals surface area contributed by atoms with E-state index in [-0.39, 0.29) is 0 Å². The fraction of sp³-hybridized carbons (Fsp3) is 0.0556. The molecule has 120 valence electrons. The minimum Gasteiger partial charge on any atom is -0.454 e. The number of Topliss-reactive ketones (excluding diaryl/α,β-unsaturated/α-hetero) is 1. The monoisotopic (exact) mass is 341 g/mol. The second kappa shape index (κ2) is 7.14. The first-order valence-corrected chi connectivity index (χ1v) is 7.92. The molecule has 0 amide bonds. The molecule has 0 radical (unpaired) electrons. The van der Waals surface area contributed by atoms with Crippen LogP contribution in [0.4, 0.5) is 4.39 Å². The van der Waals surface area contributed by atoms with Crippen molar-refractivity contribution in [3.8, 4) is 0 Å². The van der Waals surface area contributed by atoms with Gasteiger partial charge >= 0.3 is 5.97 Å². The van der Waals surface area contributed by atoms with Crippen LogP contribution in [0, 0.1) is 5.82 Å². The van der Waals surface area contributed by atoms with E-state index in [0.29, 0.717) is 10.6 Å². The van der Waals surface area contributed by atoms with Gasteiger partial charge in [0.1, 0.15) is 10.8 Å². The number of nitrogens with zero attached hydrogens (tertiary/aromatic N) is 1. The van der Waals surface area contributed by atoms with E-state index in [1.165, 1.54) is 41.7 Å². The van der Waals surface area contributed by atoms with Crippen molar-refractivity contribution in [1.82, 2.24) is 4.98 Å². The van der Waals surface area contributed by atoms with Crippen LogP contribution in [0.1, 0.15) is 15.4 Å². The number of carbonyl (C=O) groups excluding carboxylic acids is 2. The van der Waals surface area contributed by atoms with Crippen molar-refractivity contribution < 1.29 is 18.7 Å². The van der Waals surface area contributed by atoms with Crippen LogP contribution in [0.3, 0.4) is 0 Å². The van der Waals surface area contributed by atoms with E-state index < -0.39 is 24.2 Å². The fourth-order valence-electron chi connectivity index (χ4n) is 2.00. The summed E-state index contributed by atoms with van der Waals surface area (Å²) in [5.41, 5.74) is 1.15. The molecule has 0 atom stereocenters. The SMILES string of the molecule is O=C(/C=C/c1nc2ccccc2s1)OCC(=O)c1ccc(F)cc1. The molecule has 1 heterocycles. The standard InChI is InChI=1S/C18H12FNO3S/c19-13-7-5-12(6-8-13)15(21)11-23-18(22)10-9-17-20-14-3-1-2-4-16(14)24-17/h1-10H,11H2/b10-9+. The molecule has 0 N–H and O–H groups in total. The van der Waals surface area contributed by atoms with E-state index in [9.17, 15) is 14.0 Å². The van der Waals surface area contributed by atoms with E-state index >= 15 is 0 Å². The van der Waals surface area contributed by atoms with Gasteiger partial charge in [-0.25, -0.2) is 14.2 Å². The Kier molecular flexibility index (Phi) is 4.77. The van der Waals surface area contributed by atoms with Crippen LogP contribution in [0.15, 0.2) is 54.6 Å². The summed E-state index contributed by atoms with van der Waals surface area (Å²) in [4.78, 5) is 27.9. The molecule has 0 saturated heterocycles. The van der Waals surface area contributed by atoms with Crippen molar-refractivity contribution in [3.05, 3.63) is 71.0 Å². The Morgan fingerprint density at radius 2 is 1.88 bits per heavy atom. The second-order valence-corrected chi connectivity index (χ2v) is 5.95. The normalized spacial score (nSPS) is 11.0. The Morgan fingerprint density at radius 1 is 1.12 bits per heavy atom. The fourth-order valence-corrected chi connectivity index (χ4v) is 2.87. The molecule has 0 unspecified atom stereocenters. The van der Waals surface area contributed by atoms with Gasteiger partial charge in [-0.15, -0.1) is 11.3 Å². The van der Waals surface area contributed by atoms with Crippen molar-refractivity contribution in [2.75, 3.05) is 6.61 Å². The number of aromatic nitrogens is 1. The van der Waals surface area contributed by atoms with Crippen molar-refractivity contribution in [1.29, 1.82) is 0 Å². The van der Waals surface area contributed by atoms with Crippen LogP contribution in [0.5, 0.6) is 0 Å². The lowest BCUT2D eigenvalue weighted by Gasteiger charge is -2.01. The van der Waals surface area contributed by atoms with Crippen LogP contribution >= 0.6 is 11.3 Å². The lowest BCUT2D eigenvalue weighted by Crippen LogP contribution is -2.12. The highest BCUT2D eigenvalue weighted by Gasteiger charge is 2.08. The molecular formula is C18H12FNO3S. The van der Waals surface area contributed by atoms with Gasteiger partial charge in [0.05, 0.1) is 10.2 Å². The van der Waals surface area contributed by atoms with Gasteiger partial charge in [-0.1, -0.05) is 12.1 Å². The third-order valence-corrected chi connectivity index (χ3v) is 4.19. The van der Waals surface area contributed by atoms with E-state index in [0.717, 1.165) is 10.2 Å². The number of fused-ring (bicyclic) bond motifs is 1. The summed E-state index contributed by atoms with van der Waals surface area (Å²) in [7, 11) is 0. The molecule has 0 aliphatic heterocycles. The minimum atomic E-state index is -0.635. The molecule has 0 aliphatic carbocycles. The smallest absolute Gasteiger partial charge is 0.331 e. The van der Waals surface area contributed by atoms with Gasteiger partial charge in [0.25, 0.3) is 0 Å². The van der Waals surface area contributed by atoms with Gasteiger partial charge < -0.3 is 4.74 Å². The number of hydrogen-bond acceptors (Lipinski definition) is 5. The lowest BCUT2D eigenvalue weighted by molar-refractivity contribution is -0.136. The average Bonchev–Trinajstić information content (AvgIpc) is 3.01. The largest absolute Gasteiger partial charge is 0.454 e. The zero-order chi connectivity index (χ0) is 16.9. The first-order valence-electron chi connectivity index (χ1n) is 7.11. The molecule has 0 saturated carbocycles. The van der Waals surface area contributed by atoms with Crippen molar-refractivity contribution in [2.45, 2.75) is 0 Å². The van der Waals surface area contributed by atoms with Crippen LogP contribution in [-0.4, -0.2) is 23.3 Å². The van der Waals surface area contributed by atoms with Crippen molar-refractivity contribution >= 4 is 39.4 Å². The van der Waals surface area contributed by atoms with Gasteiger partial charge in [-0.3, -0.25) is 4.79 Å². The lowest BCUT2D eigenvalue weighted by atomic mass is 10.1. The zero-order valence-corrected chi connectivity index (χ0v) is 13.3. The number of benzene rings is 2. The number of para-hydroxylation sites is 1. The maximum Gasteiger partial charge on any atom is 0.331 e. The molecule has 3 rings (SSSR count). The maximum atomic E-state index is 12.8. The zero-order valence-electron chi connectivity index (χ0n) is 12.4. The molecular weight excluding hydrogens is 329 g/mol. The Morgan fingerprint density at radius 3 is 2.62 bits per heavy atom. The Bertz CT molecular complexity index is 882. The third-order valence-electron chi connectivity index (χ3n) is 3.18. The number of ether oxygens (including phenoxy) is 1. The number of halogens is 1. The molecule has 0 aliphatic rings. The van der Waals surface area contributed by atoms with Gasteiger partial charge in [0.15, 0.2) is 12.4 Å². The highest BCUT2D eigenvalue weighted by molar-refractivity contribution is 7.19. The van der Waals surface area contributed by atoms with Crippen LogP contribution < -0.4 is 0 Å². The molecule has 0 bridgehead atoms. The van der Waals surface area contributed by atoms with Gasteiger partial charge in [-0.05, 0) is 42.5 Å². The van der Waals surface area contributed by atoms with E-state index in [2.05, 4.69) is 4.98 Å². The van der Waals surface area contributed by atoms with E-state index in [1.807, 2.05) is 24.3 Å². The maximum absolute atomic E-state index is 12.8. The predicted octanol–water partition coefficient (Wildman–Crippen LogP) is 3.87. The quantitative estimate of drug-likeness (QED) is 0.401. The summed E-state index contributed by atoms with van der Waals surface area (Å²) in [5, 5.41) is 0.679. The topological polar surface area (TPSA) is 56.3 Å².